The summed E-state index contributed by atoms with van der Waals surface area (Å²) in [6.45, 7) is 14.9. The first-order chi connectivity index (χ1) is 15.7. The average Bonchev–Trinajstić information content (AvgIpc) is 2.75. The average molecular weight is 471 g/mol. The van der Waals surface area contributed by atoms with Gasteiger partial charge in [-0.1, -0.05) is 53.2 Å². The van der Waals surface area contributed by atoms with Gasteiger partial charge >= 0.3 is 5.97 Å². The molecular formula is C30H46O4. The highest BCUT2D eigenvalue weighted by molar-refractivity contribution is 5.76. The summed E-state index contributed by atoms with van der Waals surface area (Å²) in [6, 6.07) is 0. The Kier molecular flexibility index (Phi) is 4.51. The summed E-state index contributed by atoms with van der Waals surface area (Å²) < 4.78 is 6.32. The first kappa shape index (κ1) is 23.5. The zero-order valence-electron chi connectivity index (χ0n) is 22.3. The standard InChI is InChI=1S/C30H46O4/c1-24(2)11-13-28(23(31)32)14-12-26(5)19(20(28)17-24)7-8-22-27(26,6)10-9-21-25(3,4)30(33)16-15-29(21,22)18-34-30/h7,20-22,33H,8-18H2,1-6H3,(H,31,32)/t20-,21?,22+,26-,27-,28+,29-,30+/m1/s1. The molecule has 2 N–H and O–H groups in total. The summed E-state index contributed by atoms with van der Waals surface area (Å²) in [4.78, 5) is 12.8. The molecule has 1 spiro atoms. The number of rotatable bonds is 1. The first-order valence-electron chi connectivity index (χ1n) is 14.0. The van der Waals surface area contributed by atoms with E-state index in [1.54, 1.807) is 0 Å². The van der Waals surface area contributed by atoms with E-state index < -0.39 is 17.2 Å². The van der Waals surface area contributed by atoms with Crippen LogP contribution in [0.1, 0.15) is 106 Å². The van der Waals surface area contributed by atoms with E-state index in [4.69, 9.17) is 4.74 Å². The molecule has 1 unspecified atom stereocenters. The molecule has 4 nitrogen and oxygen atoms in total. The van der Waals surface area contributed by atoms with Gasteiger partial charge in [0.25, 0.3) is 0 Å². The van der Waals surface area contributed by atoms with Crippen molar-refractivity contribution < 1.29 is 19.7 Å². The van der Waals surface area contributed by atoms with Gasteiger partial charge in [0.05, 0.1) is 12.0 Å². The topological polar surface area (TPSA) is 66.8 Å². The molecule has 2 bridgehead atoms. The monoisotopic (exact) mass is 470 g/mol. The van der Waals surface area contributed by atoms with Crippen LogP contribution >= 0.6 is 0 Å². The van der Waals surface area contributed by atoms with Crippen LogP contribution < -0.4 is 0 Å². The van der Waals surface area contributed by atoms with Crippen LogP contribution in [0.3, 0.4) is 0 Å². The van der Waals surface area contributed by atoms with Crippen LogP contribution in [0.2, 0.25) is 0 Å². The Labute approximate surface area is 205 Å². The molecule has 4 heteroatoms. The van der Waals surface area contributed by atoms with Crippen LogP contribution in [0.4, 0.5) is 0 Å². The lowest BCUT2D eigenvalue weighted by Gasteiger charge is -2.74. The fourth-order valence-corrected chi connectivity index (χ4v) is 11.0. The van der Waals surface area contributed by atoms with Crippen LogP contribution in [0, 0.1) is 50.2 Å². The predicted octanol–water partition coefficient (Wildman–Crippen LogP) is 6.57. The molecule has 0 aromatic carbocycles. The van der Waals surface area contributed by atoms with Gasteiger partial charge in [-0.25, -0.2) is 0 Å². The van der Waals surface area contributed by atoms with E-state index in [1.165, 1.54) is 12.0 Å². The Morgan fingerprint density at radius 3 is 2.29 bits per heavy atom. The highest BCUT2D eigenvalue weighted by atomic mass is 16.6. The zero-order valence-corrected chi connectivity index (χ0v) is 22.3. The second-order valence-electron chi connectivity index (χ2n) is 15.2. The van der Waals surface area contributed by atoms with E-state index in [9.17, 15) is 15.0 Å². The van der Waals surface area contributed by atoms with E-state index >= 15 is 0 Å². The summed E-state index contributed by atoms with van der Waals surface area (Å²) in [5.41, 5.74) is 1.20. The third-order valence-electron chi connectivity index (χ3n) is 13.5. The minimum atomic E-state index is -0.980. The Morgan fingerprint density at radius 1 is 0.941 bits per heavy atom. The largest absolute Gasteiger partial charge is 0.481 e. The van der Waals surface area contributed by atoms with Gasteiger partial charge in [0.2, 0.25) is 0 Å². The fourth-order valence-electron chi connectivity index (χ4n) is 11.0. The van der Waals surface area contributed by atoms with Crippen LogP contribution in [0.25, 0.3) is 0 Å². The lowest BCUT2D eigenvalue weighted by molar-refractivity contribution is -0.395. The predicted molar refractivity (Wildman–Crippen MR) is 132 cm³/mol. The molecule has 2 aliphatic heterocycles. The number of allylic oxidation sites excluding steroid dienone is 2. The van der Waals surface area contributed by atoms with Gasteiger partial charge in [0, 0.05) is 17.3 Å². The maximum atomic E-state index is 12.8. The summed E-state index contributed by atoms with van der Waals surface area (Å²) in [5.74, 6) is -0.354. The van der Waals surface area contributed by atoms with E-state index in [0.29, 0.717) is 18.4 Å². The third-order valence-corrected chi connectivity index (χ3v) is 13.5. The number of carboxylic acid groups (broad SMARTS) is 1. The minimum absolute atomic E-state index is 0.0437. The van der Waals surface area contributed by atoms with Crippen molar-refractivity contribution in [1.29, 1.82) is 0 Å². The molecule has 2 saturated heterocycles. The Morgan fingerprint density at radius 2 is 1.65 bits per heavy atom. The van der Waals surface area contributed by atoms with E-state index in [-0.39, 0.29) is 33.0 Å². The number of ether oxygens (including phenoxy) is 1. The van der Waals surface area contributed by atoms with Crippen LogP contribution in [-0.4, -0.2) is 28.6 Å². The molecule has 4 saturated carbocycles. The molecule has 8 atom stereocenters. The van der Waals surface area contributed by atoms with Crippen molar-refractivity contribution >= 4 is 5.97 Å². The van der Waals surface area contributed by atoms with Crippen LogP contribution in [-0.2, 0) is 9.53 Å². The second-order valence-corrected chi connectivity index (χ2v) is 15.2. The molecule has 7 aliphatic rings. The van der Waals surface area contributed by atoms with Crippen LogP contribution in [0.5, 0.6) is 0 Å². The normalized spacial score (nSPS) is 54.7. The fraction of sp³-hybridized carbons (Fsp3) is 0.900. The molecule has 5 aliphatic carbocycles. The van der Waals surface area contributed by atoms with Crippen molar-refractivity contribution in [1.82, 2.24) is 0 Å². The Balaban J connectivity index is 1.46. The molecule has 0 aromatic heterocycles. The van der Waals surface area contributed by atoms with E-state index in [1.807, 2.05) is 0 Å². The number of carboxylic acids is 1. The number of aliphatic hydroxyl groups is 1. The lowest BCUT2D eigenvalue weighted by atomic mass is 9.32. The smallest absolute Gasteiger partial charge is 0.310 e. The van der Waals surface area contributed by atoms with Crippen molar-refractivity contribution in [2.75, 3.05) is 6.61 Å². The summed E-state index contributed by atoms with van der Waals surface area (Å²) in [6.07, 6.45) is 12.3. The van der Waals surface area contributed by atoms with Crippen molar-refractivity contribution in [2.45, 2.75) is 112 Å². The SMILES string of the molecule is CC1(C)CC[C@]2(C(=O)O)CC[C@]3(C)C(=CC[C@@H]4[C@]56CC[C@](O)(OC5)C(C)(C)C6CC[C@]43C)[C@H]2C1. The first-order valence-corrected chi connectivity index (χ1v) is 14.0. The number of hydrogen-bond donors (Lipinski definition) is 2. The van der Waals surface area contributed by atoms with Gasteiger partial charge in [-0.15, -0.1) is 0 Å². The summed E-state index contributed by atoms with van der Waals surface area (Å²) in [7, 11) is 0. The number of hydrogen-bond acceptors (Lipinski definition) is 3. The van der Waals surface area contributed by atoms with E-state index in [0.717, 1.165) is 57.8 Å². The third kappa shape index (κ3) is 2.46. The van der Waals surface area contributed by atoms with Gasteiger partial charge in [-0.2, -0.15) is 0 Å². The maximum absolute atomic E-state index is 12.8. The van der Waals surface area contributed by atoms with Gasteiger partial charge in [-0.05, 0) is 91.8 Å². The molecule has 0 aromatic rings. The van der Waals surface area contributed by atoms with Crippen molar-refractivity contribution in [2.24, 2.45) is 50.2 Å². The number of aliphatic carboxylic acids is 1. The molecule has 7 rings (SSSR count). The molecule has 0 radical (unpaired) electrons. The summed E-state index contributed by atoms with van der Waals surface area (Å²) in [5, 5.41) is 21.9. The van der Waals surface area contributed by atoms with Crippen molar-refractivity contribution in [3.8, 4) is 0 Å². The lowest BCUT2D eigenvalue weighted by Crippen LogP contribution is -2.73. The maximum Gasteiger partial charge on any atom is 0.310 e. The van der Waals surface area contributed by atoms with Gasteiger partial charge in [-0.3, -0.25) is 4.79 Å². The Hall–Kier alpha value is -0.870. The molecular weight excluding hydrogens is 424 g/mol. The zero-order chi connectivity index (χ0) is 24.6. The molecule has 6 fully saturated rings. The molecule has 0 amide bonds. The van der Waals surface area contributed by atoms with Gasteiger partial charge < -0.3 is 14.9 Å². The van der Waals surface area contributed by atoms with E-state index in [2.05, 4.69) is 47.6 Å². The molecule has 34 heavy (non-hydrogen) atoms. The Bertz CT molecular complexity index is 953. The van der Waals surface area contributed by atoms with Gasteiger partial charge in [0.15, 0.2) is 5.79 Å². The second kappa shape index (κ2) is 6.52. The molecule has 190 valence electrons. The minimum Gasteiger partial charge on any atom is -0.481 e. The number of carbonyl (C=O) groups is 1. The highest BCUT2D eigenvalue weighted by Gasteiger charge is 2.74. The van der Waals surface area contributed by atoms with Crippen LogP contribution in [0.15, 0.2) is 11.6 Å². The molecule has 2 heterocycles. The van der Waals surface area contributed by atoms with Crippen molar-refractivity contribution in [3.05, 3.63) is 11.6 Å². The number of fused-ring (bicyclic) bond motifs is 7. The van der Waals surface area contributed by atoms with Crippen molar-refractivity contribution in [3.63, 3.8) is 0 Å². The summed E-state index contributed by atoms with van der Waals surface area (Å²) >= 11 is 0. The highest BCUT2D eigenvalue weighted by Crippen LogP contribution is 2.77. The quantitative estimate of drug-likeness (QED) is 0.425. The van der Waals surface area contributed by atoms with Gasteiger partial charge in [0.1, 0.15) is 0 Å².